The first-order valence-corrected chi connectivity index (χ1v) is 9.31. The number of ketones is 1. The number of furan rings is 1. The average molecular weight is 388 g/mol. The van der Waals surface area contributed by atoms with Gasteiger partial charge in [-0.2, -0.15) is 5.26 Å². The summed E-state index contributed by atoms with van der Waals surface area (Å²) >= 11 is 0. The summed E-state index contributed by atoms with van der Waals surface area (Å²) < 4.78 is 18.1. The van der Waals surface area contributed by atoms with Crippen LogP contribution in [0, 0.1) is 11.3 Å². The van der Waals surface area contributed by atoms with Gasteiger partial charge >= 0.3 is 0 Å². The molecule has 7 nitrogen and oxygen atoms in total. The molecule has 5 rings (SSSR count). The van der Waals surface area contributed by atoms with Crippen LogP contribution in [0.2, 0.25) is 0 Å². The summed E-state index contributed by atoms with van der Waals surface area (Å²) in [6.45, 7) is 0.881. The zero-order valence-corrected chi connectivity index (χ0v) is 15.4. The molecule has 1 atom stereocenters. The first kappa shape index (κ1) is 17.3. The molecule has 1 aliphatic carbocycles. The fourth-order valence-corrected chi connectivity index (χ4v) is 3.98. The van der Waals surface area contributed by atoms with Gasteiger partial charge in [-0.1, -0.05) is 0 Å². The van der Waals surface area contributed by atoms with E-state index >= 15 is 0 Å². The molecule has 0 radical (unpaired) electrons. The monoisotopic (exact) mass is 388 g/mol. The van der Waals surface area contributed by atoms with Crippen molar-refractivity contribution in [3.8, 4) is 23.3 Å². The van der Waals surface area contributed by atoms with Crippen molar-refractivity contribution >= 4 is 5.78 Å². The smallest absolute Gasteiger partial charge is 0.273 e. The van der Waals surface area contributed by atoms with Crippen molar-refractivity contribution < 1.29 is 18.7 Å². The molecule has 0 saturated carbocycles. The van der Waals surface area contributed by atoms with Crippen LogP contribution in [-0.4, -0.2) is 23.6 Å². The topological polar surface area (TPSA) is 94.5 Å². The molecule has 0 amide bonds. The van der Waals surface area contributed by atoms with Crippen molar-refractivity contribution in [1.82, 2.24) is 4.57 Å². The number of pyridine rings is 1. The Kier molecular flexibility index (Phi) is 3.98. The highest BCUT2D eigenvalue weighted by Crippen LogP contribution is 2.36. The molecule has 2 aliphatic rings. The molecule has 144 valence electrons. The first-order valence-electron chi connectivity index (χ1n) is 9.31. The van der Waals surface area contributed by atoms with Gasteiger partial charge in [0.2, 0.25) is 0 Å². The van der Waals surface area contributed by atoms with E-state index in [4.69, 9.17) is 13.9 Å². The number of benzene rings is 1. The maximum absolute atomic E-state index is 13.1. The molecular formula is C22H16N2O5. The molecule has 0 spiro atoms. The summed E-state index contributed by atoms with van der Waals surface area (Å²) in [5.74, 6) is 1.55. The molecule has 29 heavy (non-hydrogen) atoms. The van der Waals surface area contributed by atoms with Crippen LogP contribution in [0.1, 0.15) is 39.7 Å². The predicted molar refractivity (Wildman–Crippen MR) is 102 cm³/mol. The van der Waals surface area contributed by atoms with Crippen molar-refractivity contribution in [3.05, 3.63) is 75.6 Å². The molecule has 1 aromatic carbocycles. The Balaban J connectivity index is 1.71. The Bertz CT molecular complexity index is 1220. The number of nitriles is 1. The number of ether oxygens (including phenoxy) is 2. The number of hydrogen-bond acceptors (Lipinski definition) is 6. The highest BCUT2D eigenvalue weighted by molar-refractivity contribution is 5.99. The molecule has 1 aliphatic heterocycles. The van der Waals surface area contributed by atoms with E-state index in [2.05, 4.69) is 0 Å². The normalized spacial score (nSPS) is 17.5. The molecule has 0 N–H and O–H groups in total. The summed E-state index contributed by atoms with van der Waals surface area (Å²) in [6.07, 6.45) is 2.29. The summed E-state index contributed by atoms with van der Waals surface area (Å²) in [7, 11) is 0. The second-order valence-electron chi connectivity index (χ2n) is 7.04. The van der Waals surface area contributed by atoms with Crippen LogP contribution in [0.5, 0.6) is 11.5 Å². The summed E-state index contributed by atoms with van der Waals surface area (Å²) in [6, 6.07) is 12.1. The van der Waals surface area contributed by atoms with Crippen molar-refractivity contribution in [3.63, 3.8) is 0 Å². The van der Waals surface area contributed by atoms with Crippen LogP contribution < -0.4 is 15.0 Å². The van der Waals surface area contributed by atoms with Gasteiger partial charge in [0.25, 0.3) is 5.56 Å². The van der Waals surface area contributed by atoms with Crippen LogP contribution in [0.3, 0.4) is 0 Å². The zero-order valence-electron chi connectivity index (χ0n) is 15.4. The summed E-state index contributed by atoms with van der Waals surface area (Å²) in [5, 5.41) is 9.44. The second-order valence-corrected chi connectivity index (χ2v) is 7.04. The third kappa shape index (κ3) is 2.81. The van der Waals surface area contributed by atoms with E-state index in [0.29, 0.717) is 53.8 Å². The number of aromatic nitrogens is 1. The molecule has 3 heterocycles. The Morgan fingerprint density at radius 1 is 1.03 bits per heavy atom. The Morgan fingerprint density at radius 3 is 2.62 bits per heavy atom. The lowest BCUT2D eigenvalue weighted by Gasteiger charge is -2.26. The Morgan fingerprint density at radius 2 is 1.86 bits per heavy atom. The van der Waals surface area contributed by atoms with Gasteiger partial charge < -0.3 is 13.9 Å². The lowest BCUT2D eigenvalue weighted by molar-refractivity contribution is 0.0958. The number of carbonyl (C=O) groups is 1. The number of Topliss-reactive ketones (excluding diaryl/α,β-unsaturated/α-hetero) is 1. The minimum atomic E-state index is -0.462. The van der Waals surface area contributed by atoms with E-state index in [9.17, 15) is 14.9 Å². The molecule has 0 fully saturated rings. The van der Waals surface area contributed by atoms with Crippen molar-refractivity contribution in [2.24, 2.45) is 0 Å². The maximum atomic E-state index is 13.1. The molecule has 7 heteroatoms. The summed E-state index contributed by atoms with van der Waals surface area (Å²) in [4.78, 5) is 25.9. The second kappa shape index (κ2) is 6.67. The van der Waals surface area contributed by atoms with Crippen molar-refractivity contribution in [1.29, 1.82) is 5.26 Å². The molecule has 1 unspecified atom stereocenters. The molecule has 0 saturated heterocycles. The quantitative estimate of drug-likeness (QED) is 0.670. The maximum Gasteiger partial charge on any atom is 0.273 e. The van der Waals surface area contributed by atoms with E-state index in [1.165, 1.54) is 10.6 Å². The highest BCUT2D eigenvalue weighted by atomic mass is 16.6. The molecule has 3 aromatic rings. The van der Waals surface area contributed by atoms with Crippen molar-refractivity contribution in [2.45, 2.75) is 18.8 Å². The van der Waals surface area contributed by atoms with Crippen LogP contribution in [0.25, 0.3) is 5.69 Å². The average Bonchev–Trinajstić information content (AvgIpc) is 3.28. The summed E-state index contributed by atoms with van der Waals surface area (Å²) in [5.41, 5.74) is 0.974. The van der Waals surface area contributed by atoms with E-state index in [1.807, 2.05) is 12.1 Å². The van der Waals surface area contributed by atoms with E-state index in [-0.39, 0.29) is 23.7 Å². The SMILES string of the molecule is N#Cc1cc2c(n(-c3ccc4c(c3)OCCO4)c1=O)CC(c1ccco1)CC2=O. The molecular weight excluding hydrogens is 372 g/mol. The lowest BCUT2D eigenvalue weighted by atomic mass is 9.83. The van der Waals surface area contributed by atoms with Crippen LogP contribution >= 0.6 is 0 Å². The van der Waals surface area contributed by atoms with Gasteiger partial charge in [0.05, 0.1) is 12.0 Å². The fourth-order valence-electron chi connectivity index (χ4n) is 3.98. The lowest BCUT2D eigenvalue weighted by Crippen LogP contribution is -2.31. The molecule has 2 aromatic heterocycles. The number of carbonyl (C=O) groups excluding carboxylic acids is 1. The standard InChI is InChI=1S/C22H16N2O5/c23-12-14-8-16-17(9-13(10-18(16)25)19-2-1-5-27-19)24(22(14)26)15-3-4-20-21(11-15)29-7-6-28-20/h1-5,8,11,13H,6-7,9-10H2. The van der Waals surface area contributed by atoms with Crippen molar-refractivity contribution in [2.75, 3.05) is 13.2 Å². The van der Waals surface area contributed by atoms with Gasteiger partial charge in [0.1, 0.15) is 30.6 Å². The third-order valence-electron chi connectivity index (χ3n) is 5.32. The van der Waals surface area contributed by atoms with Gasteiger partial charge in [-0.05, 0) is 36.8 Å². The zero-order chi connectivity index (χ0) is 20.0. The molecule has 0 bridgehead atoms. The van der Waals surface area contributed by atoms with Gasteiger partial charge in [-0.25, -0.2) is 0 Å². The van der Waals surface area contributed by atoms with Crippen LogP contribution in [0.15, 0.2) is 51.9 Å². The van der Waals surface area contributed by atoms with Gasteiger partial charge in [0.15, 0.2) is 17.3 Å². The number of fused-ring (bicyclic) bond motifs is 2. The van der Waals surface area contributed by atoms with E-state index in [0.717, 1.165) is 0 Å². The van der Waals surface area contributed by atoms with Crippen LogP contribution in [-0.2, 0) is 6.42 Å². The highest BCUT2D eigenvalue weighted by Gasteiger charge is 2.32. The minimum absolute atomic E-state index is 0.0663. The van der Waals surface area contributed by atoms with Gasteiger partial charge in [-0.3, -0.25) is 14.2 Å². The first-order chi connectivity index (χ1) is 14.2. The number of nitrogens with zero attached hydrogens (tertiary/aromatic N) is 2. The van der Waals surface area contributed by atoms with Gasteiger partial charge in [0, 0.05) is 29.7 Å². The largest absolute Gasteiger partial charge is 0.486 e. The third-order valence-corrected chi connectivity index (χ3v) is 5.32. The Hall–Kier alpha value is -3.79. The van der Waals surface area contributed by atoms with E-state index < -0.39 is 5.56 Å². The number of rotatable bonds is 2. The minimum Gasteiger partial charge on any atom is -0.486 e. The number of hydrogen-bond donors (Lipinski definition) is 0. The van der Waals surface area contributed by atoms with Gasteiger partial charge in [-0.15, -0.1) is 0 Å². The Labute approximate surface area is 165 Å². The predicted octanol–water partition coefficient (Wildman–Crippen LogP) is 2.99. The van der Waals surface area contributed by atoms with E-state index in [1.54, 1.807) is 30.5 Å². The fraction of sp³-hybridized carbons (Fsp3) is 0.227. The van der Waals surface area contributed by atoms with Crippen LogP contribution in [0.4, 0.5) is 0 Å².